The first kappa shape index (κ1) is 19.6. The van der Waals surface area contributed by atoms with Crippen molar-refractivity contribution in [2.75, 3.05) is 6.54 Å². The van der Waals surface area contributed by atoms with Crippen molar-refractivity contribution in [3.05, 3.63) is 34.3 Å². The maximum atomic E-state index is 12.9. The maximum absolute atomic E-state index is 12.9. The molecule has 1 fully saturated rings. The van der Waals surface area contributed by atoms with Crippen LogP contribution in [0.1, 0.15) is 38.3 Å². The SMILES string of the molecule is CCN1C(=O)C(C)(C)CC1C(=O)NCc1cccc(C(F)(F)F)c1Cl. The Bertz CT molecular complexity index is 689. The Kier molecular flexibility index (Phi) is 5.37. The molecule has 25 heavy (non-hydrogen) atoms. The summed E-state index contributed by atoms with van der Waals surface area (Å²) in [5.41, 5.74) is -1.39. The largest absolute Gasteiger partial charge is 0.417 e. The summed E-state index contributed by atoms with van der Waals surface area (Å²) in [6, 6.07) is 2.94. The number of nitrogens with one attached hydrogen (secondary N) is 1. The van der Waals surface area contributed by atoms with E-state index in [-0.39, 0.29) is 18.0 Å². The van der Waals surface area contributed by atoms with Crippen molar-refractivity contribution in [2.45, 2.75) is 46.0 Å². The topological polar surface area (TPSA) is 49.4 Å². The number of hydrogen-bond donors (Lipinski definition) is 1. The van der Waals surface area contributed by atoms with E-state index in [1.54, 1.807) is 20.8 Å². The van der Waals surface area contributed by atoms with Gasteiger partial charge in [-0.05, 0) is 25.0 Å². The molecule has 8 heteroatoms. The van der Waals surface area contributed by atoms with Gasteiger partial charge in [-0.3, -0.25) is 9.59 Å². The Labute approximate surface area is 149 Å². The van der Waals surface area contributed by atoms with Gasteiger partial charge in [0, 0.05) is 18.5 Å². The van der Waals surface area contributed by atoms with Crippen LogP contribution in [0.3, 0.4) is 0 Å². The second-order valence-corrected chi connectivity index (χ2v) is 7.07. The zero-order valence-electron chi connectivity index (χ0n) is 14.2. The van der Waals surface area contributed by atoms with Gasteiger partial charge in [-0.1, -0.05) is 37.6 Å². The number of rotatable bonds is 4. The Hall–Kier alpha value is -1.76. The van der Waals surface area contributed by atoms with Gasteiger partial charge in [-0.15, -0.1) is 0 Å². The van der Waals surface area contributed by atoms with Gasteiger partial charge in [-0.2, -0.15) is 13.2 Å². The molecule has 1 saturated heterocycles. The minimum atomic E-state index is -4.56. The molecule has 0 saturated carbocycles. The molecule has 1 aliphatic rings. The van der Waals surface area contributed by atoms with Gasteiger partial charge < -0.3 is 10.2 Å². The lowest BCUT2D eigenvalue weighted by atomic mass is 9.89. The second kappa shape index (κ2) is 6.86. The lowest BCUT2D eigenvalue weighted by Gasteiger charge is -2.22. The van der Waals surface area contributed by atoms with Gasteiger partial charge >= 0.3 is 6.18 Å². The van der Waals surface area contributed by atoms with Gasteiger partial charge in [0.25, 0.3) is 0 Å². The third kappa shape index (κ3) is 3.92. The van der Waals surface area contributed by atoms with Gasteiger partial charge in [0.15, 0.2) is 0 Å². The number of benzene rings is 1. The molecule has 1 aliphatic heterocycles. The Balaban J connectivity index is 2.12. The van der Waals surface area contributed by atoms with E-state index in [0.717, 1.165) is 6.07 Å². The Morgan fingerprint density at radius 3 is 2.60 bits per heavy atom. The molecule has 4 nitrogen and oxygen atoms in total. The number of carbonyl (C=O) groups is 2. The van der Waals surface area contributed by atoms with Crippen LogP contribution in [0.2, 0.25) is 5.02 Å². The van der Waals surface area contributed by atoms with E-state index in [9.17, 15) is 22.8 Å². The molecule has 2 rings (SSSR count). The maximum Gasteiger partial charge on any atom is 0.417 e. The number of carbonyl (C=O) groups excluding carboxylic acids is 2. The fraction of sp³-hybridized carbons (Fsp3) is 0.529. The quantitative estimate of drug-likeness (QED) is 0.872. The first-order valence-corrected chi connectivity index (χ1v) is 8.30. The molecule has 138 valence electrons. The number of amides is 2. The normalized spacial score (nSPS) is 20.0. The summed E-state index contributed by atoms with van der Waals surface area (Å²) in [5, 5.41) is 2.17. The standard InChI is InChI=1S/C17H20ClF3N2O2/c1-4-23-12(8-16(2,3)15(23)25)14(24)22-9-10-6-5-7-11(13(10)18)17(19,20)21/h5-7,12H,4,8-9H2,1-3H3,(H,22,24). The van der Waals surface area contributed by atoms with Crippen molar-refractivity contribution in [1.82, 2.24) is 10.2 Å². The summed E-state index contributed by atoms with van der Waals surface area (Å²) < 4.78 is 38.6. The molecule has 1 aromatic rings. The molecule has 1 heterocycles. The van der Waals surface area contributed by atoms with Crippen molar-refractivity contribution >= 4 is 23.4 Å². The number of likely N-dealkylation sites (tertiary alicyclic amines) is 1. The van der Waals surface area contributed by atoms with Gasteiger partial charge in [0.05, 0.1) is 10.6 Å². The molecular weight excluding hydrogens is 357 g/mol. The lowest BCUT2D eigenvalue weighted by molar-refractivity contribution is -0.138. The van der Waals surface area contributed by atoms with E-state index in [4.69, 9.17) is 11.6 Å². The molecule has 0 bridgehead atoms. The average Bonchev–Trinajstić information content (AvgIpc) is 2.74. The molecule has 0 aliphatic carbocycles. The fourth-order valence-corrected chi connectivity index (χ4v) is 3.34. The van der Waals surface area contributed by atoms with E-state index in [0.29, 0.717) is 13.0 Å². The van der Waals surface area contributed by atoms with Crippen LogP contribution in [0.15, 0.2) is 18.2 Å². The van der Waals surface area contributed by atoms with E-state index in [1.165, 1.54) is 17.0 Å². The van der Waals surface area contributed by atoms with Crippen molar-refractivity contribution < 1.29 is 22.8 Å². The third-order valence-corrected chi connectivity index (χ3v) is 4.85. The van der Waals surface area contributed by atoms with Crippen LogP contribution in [0, 0.1) is 5.41 Å². The third-order valence-electron chi connectivity index (χ3n) is 4.40. The number of likely N-dealkylation sites (N-methyl/N-ethyl adjacent to an activating group) is 1. The van der Waals surface area contributed by atoms with Crippen LogP contribution < -0.4 is 5.32 Å². The van der Waals surface area contributed by atoms with Crippen LogP contribution in [-0.2, 0) is 22.3 Å². The van der Waals surface area contributed by atoms with Crippen LogP contribution in [-0.4, -0.2) is 29.3 Å². The van der Waals surface area contributed by atoms with Gasteiger partial charge in [0.1, 0.15) is 6.04 Å². The molecule has 0 spiro atoms. The van der Waals surface area contributed by atoms with Crippen LogP contribution in [0.5, 0.6) is 0 Å². The van der Waals surface area contributed by atoms with Crippen LogP contribution >= 0.6 is 11.6 Å². The van der Waals surface area contributed by atoms with Crippen LogP contribution in [0.4, 0.5) is 13.2 Å². The fourth-order valence-electron chi connectivity index (χ4n) is 3.04. The van der Waals surface area contributed by atoms with E-state index in [2.05, 4.69) is 5.32 Å². The first-order chi connectivity index (χ1) is 11.5. The summed E-state index contributed by atoms with van der Waals surface area (Å²) in [6.07, 6.45) is -4.19. The number of nitrogens with zero attached hydrogens (tertiary/aromatic N) is 1. The summed E-state index contributed by atoms with van der Waals surface area (Å²) in [5.74, 6) is -0.499. The highest BCUT2D eigenvalue weighted by molar-refractivity contribution is 6.32. The monoisotopic (exact) mass is 376 g/mol. The number of halogens is 4. The second-order valence-electron chi connectivity index (χ2n) is 6.69. The van der Waals surface area contributed by atoms with Crippen molar-refractivity contribution in [1.29, 1.82) is 0 Å². The van der Waals surface area contributed by atoms with E-state index >= 15 is 0 Å². The predicted octanol–water partition coefficient (Wildman–Crippen LogP) is 3.62. The summed E-state index contributed by atoms with van der Waals surface area (Å²) >= 11 is 5.83. The molecule has 0 aromatic heterocycles. The highest BCUT2D eigenvalue weighted by Crippen LogP contribution is 2.37. The molecule has 1 N–H and O–H groups in total. The average molecular weight is 377 g/mol. The molecule has 1 unspecified atom stereocenters. The number of alkyl halides is 3. The van der Waals surface area contributed by atoms with Crippen molar-refractivity contribution in [3.8, 4) is 0 Å². The summed E-state index contributed by atoms with van der Waals surface area (Å²) in [6.45, 7) is 5.59. The van der Waals surface area contributed by atoms with Gasteiger partial charge in [0.2, 0.25) is 11.8 Å². The molecule has 0 radical (unpaired) electrons. The van der Waals surface area contributed by atoms with Gasteiger partial charge in [-0.25, -0.2) is 0 Å². The molecule has 2 amide bonds. The summed E-state index contributed by atoms with van der Waals surface area (Å²) in [7, 11) is 0. The Morgan fingerprint density at radius 1 is 1.40 bits per heavy atom. The number of hydrogen-bond acceptors (Lipinski definition) is 2. The van der Waals surface area contributed by atoms with Crippen molar-refractivity contribution in [3.63, 3.8) is 0 Å². The predicted molar refractivity (Wildman–Crippen MR) is 87.9 cm³/mol. The van der Waals surface area contributed by atoms with E-state index in [1.807, 2.05) is 0 Å². The highest BCUT2D eigenvalue weighted by Gasteiger charge is 2.47. The molecule has 1 aromatic carbocycles. The summed E-state index contributed by atoms with van der Waals surface area (Å²) in [4.78, 5) is 26.2. The minimum Gasteiger partial charge on any atom is -0.350 e. The van der Waals surface area contributed by atoms with Crippen LogP contribution in [0.25, 0.3) is 0 Å². The minimum absolute atomic E-state index is 0.104. The zero-order chi connectivity index (χ0) is 19.0. The van der Waals surface area contributed by atoms with Crippen molar-refractivity contribution in [2.24, 2.45) is 5.41 Å². The molecular formula is C17H20ClF3N2O2. The Morgan fingerprint density at radius 2 is 2.04 bits per heavy atom. The lowest BCUT2D eigenvalue weighted by Crippen LogP contribution is -2.44. The molecule has 1 atom stereocenters. The smallest absolute Gasteiger partial charge is 0.350 e. The first-order valence-electron chi connectivity index (χ1n) is 7.92. The highest BCUT2D eigenvalue weighted by atomic mass is 35.5. The zero-order valence-corrected chi connectivity index (χ0v) is 15.0. The van der Waals surface area contributed by atoms with E-state index < -0.39 is 34.1 Å².